The van der Waals surface area contributed by atoms with Crippen LogP contribution in [0.25, 0.3) is 0 Å². The minimum Gasteiger partial charge on any atom is -0.383 e. The highest BCUT2D eigenvalue weighted by atomic mass is 16.2. The molecular formula is C7H12N4O. The van der Waals surface area contributed by atoms with Gasteiger partial charge in [0.25, 0.3) is 0 Å². The topological polar surface area (TPSA) is 64.2 Å². The van der Waals surface area contributed by atoms with E-state index < -0.39 is 0 Å². The van der Waals surface area contributed by atoms with Crippen molar-refractivity contribution in [2.24, 2.45) is 0 Å². The van der Waals surface area contributed by atoms with E-state index in [1.54, 1.807) is 27.1 Å². The smallest absolute Gasteiger partial charge is 0.346 e. The zero-order valence-electron chi connectivity index (χ0n) is 7.40. The van der Waals surface area contributed by atoms with Crippen molar-refractivity contribution in [1.82, 2.24) is 14.7 Å². The molecule has 1 rings (SSSR count). The van der Waals surface area contributed by atoms with E-state index in [0.29, 0.717) is 5.82 Å². The van der Waals surface area contributed by atoms with Crippen molar-refractivity contribution >= 4 is 11.8 Å². The van der Waals surface area contributed by atoms with Crippen LogP contribution in [0.5, 0.6) is 0 Å². The fraction of sp³-hybridized carbons (Fsp3) is 0.429. The van der Waals surface area contributed by atoms with Gasteiger partial charge in [0.1, 0.15) is 5.82 Å². The Morgan fingerprint density at radius 3 is 2.58 bits per heavy atom. The molecule has 0 radical (unpaired) electrons. The van der Waals surface area contributed by atoms with E-state index in [0.717, 1.165) is 5.69 Å². The number of nitrogens with two attached hydrogens (primary N) is 1. The summed E-state index contributed by atoms with van der Waals surface area (Å²) in [6.45, 7) is 1.79. The molecule has 0 atom stereocenters. The predicted octanol–water partition coefficient (Wildman–Crippen LogP) is 0.303. The number of hydrogen-bond acceptors (Lipinski definition) is 3. The average Bonchev–Trinajstić information content (AvgIpc) is 2.28. The number of aromatic nitrogens is 2. The van der Waals surface area contributed by atoms with Crippen LogP contribution >= 0.6 is 0 Å². The molecule has 0 unspecified atom stereocenters. The number of hydrogen-bond donors (Lipinski definition) is 1. The van der Waals surface area contributed by atoms with Gasteiger partial charge in [-0.3, -0.25) is 0 Å². The lowest BCUT2D eigenvalue weighted by Gasteiger charge is -2.09. The molecule has 5 nitrogen and oxygen atoms in total. The Bertz CT molecular complexity index is 302. The van der Waals surface area contributed by atoms with Crippen molar-refractivity contribution in [3.8, 4) is 0 Å². The van der Waals surface area contributed by atoms with E-state index in [-0.39, 0.29) is 6.03 Å². The molecule has 2 N–H and O–H groups in total. The van der Waals surface area contributed by atoms with Gasteiger partial charge in [-0.25, -0.2) is 4.79 Å². The van der Waals surface area contributed by atoms with E-state index in [1.807, 2.05) is 0 Å². The largest absolute Gasteiger partial charge is 0.383 e. The fourth-order valence-corrected chi connectivity index (χ4v) is 0.862. The number of nitrogens with zero attached hydrogens (tertiary/aromatic N) is 3. The van der Waals surface area contributed by atoms with E-state index in [2.05, 4.69) is 5.10 Å². The van der Waals surface area contributed by atoms with Crippen molar-refractivity contribution in [2.75, 3.05) is 19.8 Å². The van der Waals surface area contributed by atoms with Crippen molar-refractivity contribution in [3.05, 3.63) is 11.8 Å². The van der Waals surface area contributed by atoms with Crippen LogP contribution < -0.4 is 5.73 Å². The molecule has 66 valence electrons. The highest BCUT2D eigenvalue weighted by Gasteiger charge is 2.11. The Balaban J connectivity index is 3.02. The number of carbonyl (C=O) groups is 1. The van der Waals surface area contributed by atoms with Crippen LogP contribution in [0, 0.1) is 6.92 Å². The SMILES string of the molecule is Cc1cc(N)n(C(=O)N(C)C)n1. The Kier molecular flexibility index (Phi) is 2.03. The third-order valence-corrected chi connectivity index (χ3v) is 1.42. The lowest BCUT2D eigenvalue weighted by atomic mass is 10.5. The summed E-state index contributed by atoms with van der Waals surface area (Å²) >= 11 is 0. The molecule has 0 bridgehead atoms. The van der Waals surface area contributed by atoms with E-state index >= 15 is 0 Å². The maximum absolute atomic E-state index is 11.3. The minimum absolute atomic E-state index is 0.236. The van der Waals surface area contributed by atoms with Crippen molar-refractivity contribution in [2.45, 2.75) is 6.92 Å². The molecule has 1 amide bonds. The van der Waals surface area contributed by atoms with E-state index in [9.17, 15) is 4.79 Å². The quantitative estimate of drug-likeness (QED) is 0.606. The molecule has 0 fully saturated rings. The third-order valence-electron chi connectivity index (χ3n) is 1.42. The Morgan fingerprint density at radius 2 is 2.25 bits per heavy atom. The molecule has 12 heavy (non-hydrogen) atoms. The van der Waals surface area contributed by atoms with Gasteiger partial charge < -0.3 is 10.6 Å². The highest BCUT2D eigenvalue weighted by Crippen LogP contribution is 2.05. The second-order valence-corrected chi connectivity index (χ2v) is 2.80. The summed E-state index contributed by atoms with van der Waals surface area (Å²) in [5.74, 6) is 0.367. The first-order valence-corrected chi connectivity index (χ1v) is 3.56. The third kappa shape index (κ3) is 1.39. The normalized spacial score (nSPS) is 9.92. The van der Waals surface area contributed by atoms with Crippen LogP contribution in [0.15, 0.2) is 6.07 Å². The van der Waals surface area contributed by atoms with Gasteiger partial charge in [-0.2, -0.15) is 9.78 Å². The maximum atomic E-state index is 11.3. The van der Waals surface area contributed by atoms with Gasteiger partial charge >= 0.3 is 6.03 Å². The molecule has 0 saturated heterocycles. The molecular weight excluding hydrogens is 156 g/mol. The summed E-state index contributed by atoms with van der Waals surface area (Å²) in [7, 11) is 3.30. The first-order chi connectivity index (χ1) is 5.52. The van der Waals surface area contributed by atoms with Gasteiger partial charge in [0, 0.05) is 20.2 Å². The predicted molar refractivity (Wildman–Crippen MR) is 45.9 cm³/mol. The monoisotopic (exact) mass is 168 g/mol. The van der Waals surface area contributed by atoms with Gasteiger partial charge in [0.15, 0.2) is 0 Å². The van der Waals surface area contributed by atoms with Gasteiger partial charge in [0.2, 0.25) is 0 Å². The second kappa shape index (κ2) is 2.84. The maximum Gasteiger partial charge on any atom is 0.346 e. The van der Waals surface area contributed by atoms with Crippen LogP contribution in [0.3, 0.4) is 0 Å². The number of aryl methyl sites for hydroxylation is 1. The second-order valence-electron chi connectivity index (χ2n) is 2.80. The van der Waals surface area contributed by atoms with Crippen LogP contribution in [-0.4, -0.2) is 34.8 Å². The molecule has 1 aromatic rings. The molecule has 0 spiro atoms. The van der Waals surface area contributed by atoms with E-state index in [4.69, 9.17) is 5.73 Å². The molecule has 1 heterocycles. The van der Waals surface area contributed by atoms with E-state index in [1.165, 1.54) is 9.58 Å². The number of nitrogen functional groups attached to an aromatic ring is 1. The molecule has 0 aliphatic rings. The summed E-state index contributed by atoms with van der Waals surface area (Å²) in [5.41, 5.74) is 6.27. The Hall–Kier alpha value is -1.52. The number of amides is 1. The van der Waals surface area contributed by atoms with Gasteiger partial charge in [-0.1, -0.05) is 0 Å². The molecule has 0 aromatic carbocycles. The van der Waals surface area contributed by atoms with Crippen LogP contribution in [0.2, 0.25) is 0 Å². The highest BCUT2D eigenvalue weighted by molar-refractivity contribution is 5.78. The van der Waals surface area contributed by atoms with Crippen molar-refractivity contribution in [1.29, 1.82) is 0 Å². The van der Waals surface area contributed by atoms with Gasteiger partial charge in [0.05, 0.1) is 5.69 Å². The zero-order chi connectivity index (χ0) is 9.30. The summed E-state index contributed by atoms with van der Waals surface area (Å²) in [4.78, 5) is 12.7. The lowest BCUT2D eigenvalue weighted by Crippen LogP contribution is -2.29. The molecule has 1 aromatic heterocycles. The van der Waals surface area contributed by atoms with Crippen molar-refractivity contribution in [3.63, 3.8) is 0 Å². The molecule has 0 aliphatic carbocycles. The first-order valence-electron chi connectivity index (χ1n) is 3.56. The molecule has 0 aliphatic heterocycles. The summed E-state index contributed by atoms with van der Waals surface area (Å²) in [6.07, 6.45) is 0. The van der Waals surface area contributed by atoms with Crippen molar-refractivity contribution < 1.29 is 4.79 Å². The van der Waals surface area contributed by atoms with Gasteiger partial charge in [-0.15, -0.1) is 0 Å². The minimum atomic E-state index is -0.236. The average molecular weight is 168 g/mol. The number of carbonyl (C=O) groups excluding carboxylic acids is 1. The number of rotatable bonds is 0. The number of anilines is 1. The first kappa shape index (κ1) is 8.58. The Morgan fingerprint density at radius 1 is 1.67 bits per heavy atom. The zero-order valence-corrected chi connectivity index (χ0v) is 7.40. The fourth-order valence-electron chi connectivity index (χ4n) is 0.862. The van der Waals surface area contributed by atoms with Crippen LogP contribution in [0.4, 0.5) is 10.6 Å². The van der Waals surface area contributed by atoms with Gasteiger partial charge in [-0.05, 0) is 6.92 Å². The standard InChI is InChI=1S/C7H12N4O/c1-5-4-6(8)11(9-5)7(12)10(2)3/h4H,8H2,1-3H3. The molecule has 5 heteroatoms. The Labute approximate surface area is 70.8 Å². The summed E-state index contributed by atoms with van der Waals surface area (Å²) in [5, 5.41) is 3.93. The molecule has 0 saturated carbocycles. The van der Waals surface area contributed by atoms with Crippen LogP contribution in [-0.2, 0) is 0 Å². The van der Waals surface area contributed by atoms with Crippen LogP contribution in [0.1, 0.15) is 5.69 Å². The lowest BCUT2D eigenvalue weighted by molar-refractivity contribution is 0.216. The summed E-state index contributed by atoms with van der Waals surface area (Å²) in [6, 6.07) is 1.42. The summed E-state index contributed by atoms with van der Waals surface area (Å²) < 4.78 is 1.18.